The van der Waals surface area contributed by atoms with Crippen molar-refractivity contribution in [2.24, 2.45) is 0 Å². The largest absolute Gasteiger partial charge is 0.504 e. The van der Waals surface area contributed by atoms with E-state index < -0.39 is 0 Å². The van der Waals surface area contributed by atoms with Gasteiger partial charge in [-0.15, -0.1) is 0 Å². The van der Waals surface area contributed by atoms with E-state index in [-0.39, 0.29) is 23.0 Å². The summed E-state index contributed by atoms with van der Waals surface area (Å²) in [6.07, 6.45) is 1.59. The smallest absolute Gasteiger partial charge is 0.228 e. The molecule has 1 aliphatic rings. The predicted molar refractivity (Wildman–Crippen MR) is 92.0 cm³/mol. The normalized spacial score (nSPS) is 13.0. The number of hydrogen-bond donors (Lipinski definition) is 2. The number of benzene rings is 3. The van der Waals surface area contributed by atoms with E-state index in [0.717, 1.165) is 11.1 Å². The second kappa shape index (κ2) is 5.13. The fourth-order valence-electron chi connectivity index (χ4n) is 3.22. The van der Waals surface area contributed by atoms with Crippen molar-refractivity contribution in [2.75, 3.05) is 7.11 Å². The van der Waals surface area contributed by atoms with Crippen molar-refractivity contribution in [3.8, 4) is 22.6 Å². The molecular formula is C20H14O4. The van der Waals surface area contributed by atoms with Crippen LogP contribution in [0.2, 0.25) is 0 Å². The topological polar surface area (TPSA) is 66.8 Å². The molecule has 0 aliphatic heterocycles. The van der Waals surface area contributed by atoms with Gasteiger partial charge in [0.2, 0.25) is 5.78 Å². The van der Waals surface area contributed by atoms with E-state index in [9.17, 15) is 15.0 Å². The number of ether oxygens (including phenoxy) is 1. The number of methoxy groups -OCH3 is 1. The van der Waals surface area contributed by atoms with Crippen LogP contribution in [-0.2, 0) is 4.74 Å². The van der Waals surface area contributed by atoms with E-state index in [0.29, 0.717) is 21.9 Å². The van der Waals surface area contributed by atoms with Crippen LogP contribution in [0.4, 0.5) is 0 Å². The van der Waals surface area contributed by atoms with Gasteiger partial charge in [0, 0.05) is 16.3 Å². The van der Waals surface area contributed by atoms with Crippen molar-refractivity contribution < 1.29 is 19.7 Å². The van der Waals surface area contributed by atoms with Crippen molar-refractivity contribution in [1.29, 1.82) is 0 Å². The van der Waals surface area contributed by atoms with Crippen LogP contribution in [0.3, 0.4) is 0 Å². The first-order valence-corrected chi connectivity index (χ1v) is 7.49. The maximum Gasteiger partial charge on any atom is 0.228 e. The number of ketones is 1. The lowest BCUT2D eigenvalue weighted by Gasteiger charge is -2.20. The van der Waals surface area contributed by atoms with Crippen molar-refractivity contribution >= 4 is 22.6 Å². The first-order valence-electron chi connectivity index (χ1n) is 7.49. The van der Waals surface area contributed by atoms with Crippen LogP contribution in [0.25, 0.3) is 28.0 Å². The minimum atomic E-state index is -0.237. The molecule has 0 heterocycles. The fourth-order valence-corrected chi connectivity index (χ4v) is 3.22. The van der Waals surface area contributed by atoms with E-state index in [2.05, 4.69) is 0 Å². The van der Waals surface area contributed by atoms with E-state index in [1.807, 2.05) is 30.3 Å². The molecule has 24 heavy (non-hydrogen) atoms. The molecule has 0 bridgehead atoms. The Morgan fingerprint density at radius 2 is 1.75 bits per heavy atom. The highest BCUT2D eigenvalue weighted by atomic mass is 16.5. The lowest BCUT2D eigenvalue weighted by Crippen LogP contribution is -2.12. The Bertz CT molecular complexity index is 1020. The van der Waals surface area contributed by atoms with Crippen molar-refractivity contribution in [2.45, 2.75) is 0 Å². The summed E-state index contributed by atoms with van der Waals surface area (Å²) >= 11 is 0. The maximum absolute atomic E-state index is 12.9. The third-order valence-corrected chi connectivity index (χ3v) is 4.33. The zero-order valence-corrected chi connectivity index (χ0v) is 12.9. The zero-order chi connectivity index (χ0) is 16.8. The van der Waals surface area contributed by atoms with Crippen LogP contribution < -0.4 is 0 Å². The van der Waals surface area contributed by atoms with Gasteiger partial charge in [0.25, 0.3) is 0 Å². The summed E-state index contributed by atoms with van der Waals surface area (Å²) in [7, 11) is 1.44. The van der Waals surface area contributed by atoms with Gasteiger partial charge in [-0.3, -0.25) is 4.79 Å². The number of Topliss-reactive ketones (excluding diaryl/α,β-unsaturated/α-hetero) is 1. The molecule has 3 aromatic carbocycles. The van der Waals surface area contributed by atoms with Crippen molar-refractivity contribution in [3.63, 3.8) is 0 Å². The van der Waals surface area contributed by atoms with E-state index >= 15 is 0 Å². The number of allylic oxidation sites excluding steroid dienone is 1. The lowest BCUT2D eigenvalue weighted by atomic mass is 9.85. The van der Waals surface area contributed by atoms with Crippen LogP contribution in [0.15, 0.2) is 54.3 Å². The summed E-state index contributed by atoms with van der Waals surface area (Å²) in [6, 6.07) is 14.5. The number of carbonyl (C=O) groups excluding carboxylic acids is 1. The average molecular weight is 318 g/mol. The summed E-state index contributed by atoms with van der Waals surface area (Å²) in [4.78, 5) is 12.9. The SMILES string of the molecule is COC1=Cc2cc(O)c(O)c3ccc(-c4ccccc4)c(c23)C1=O. The third kappa shape index (κ3) is 1.90. The summed E-state index contributed by atoms with van der Waals surface area (Å²) in [5.41, 5.74) is 2.79. The van der Waals surface area contributed by atoms with E-state index in [4.69, 9.17) is 4.74 Å². The van der Waals surface area contributed by atoms with Gasteiger partial charge < -0.3 is 14.9 Å². The molecule has 0 atom stereocenters. The molecule has 3 aromatic rings. The molecule has 118 valence electrons. The summed E-state index contributed by atoms with van der Waals surface area (Å²) in [5, 5.41) is 21.2. The molecule has 0 amide bonds. The van der Waals surface area contributed by atoms with Gasteiger partial charge >= 0.3 is 0 Å². The molecule has 0 spiro atoms. The Balaban J connectivity index is 2.16. The van der Waals surface area contributed by atoms with Crippen LogP contribution >= 0.6 is 0 Å². The van der Waals surface area contributed by atoms with Gasteiger partial charge in [-0.25, -0.2) is 0 Å². The minimum Gasteiger partial charge on any atom is -0.504 e. The average Bonchev–Trinajstić information content (AvgIpc) is 2.62. The molecule has 4 rings (SSSR count). The maximum atomic E-state index is 12.9. The lowest BCUT2D eigenvalue weighted by molar-refractivity contribution is 0.0958. The Morgan fingerprint density at radius 3 is 2.46 bits per heavy atom. The quantitative estimate of drug-likeness (QED) is 0.698. The summed E-state index contributed by atoms with van der Waals surface area (Å²) in [6.45, 7) is 0. The second-order valence-electron chi connectivity index (χ2n) is 5.65. The molecule has 4 heteroatoms. The van der Waals surface area contributed by atoms with Crippen molar-refractivity contribution in [1.82, 2.24) is 0 Å². The monoisotopic (exact) mass is 318 g/mol. The molecule has 0 saturated carbocycles. The molecule has 1 aliphatic carbocycles. The molecule has 2 N–H and O–H groups in total. The second-order valence-corrected chi connectivity index (χ2v) is 5.65. The Hall–Kier alpha value is -3.27. The van der Waals surface area contributed by atoms with Crippen LogP contribution in [0.5, 0.6) is 11.5 Å². The molecular weight excluding hydrogens is 304 g/mol. The Morgan fingerprint density at radius 1 is 1.00 bits per heavy atom. The number of phenolic OH excluding ortho intramolecular Hbond substituents is 2. The fraction of sp³-hybridized carbons (Fsp3) is 0.0500. The minimum absolute atomic E-state index is 0.206. The van der Waals surface area contributed by atoms with Crippen LogP contribution in [0.1, 0.15) is 15.9 Å². The van der Waals surface area contributed by atoms with Gasteiger partial charge in [-0.1, -0.05) is 36.4 Å². The van der Waals surface area contributed by atoms with Gasteiger partial charge in [-0.05, 0) is 34.9 Å². The molecule has 4 nitrogen and oxygen atoms in total. The third-order valence-electron chi connectivity index (χ3n) is 4.33. The van der Waals surface area contributed by atoms with E-state index in [1.54, 1.807) is 18.2 Å². The number of carbonyl (C=O) groups is 1. The Kier molecular flexibility index (Phi) is 3.06. The molecule has 0 saturated heterocycles. The van der Waals surface area contributed by atoms with Gasteiger partial charge in [-0.2, -0.15) is 0 Å². The van der Waals surface area contributed by atoms with Gasteiger partial charge in [0.15, 0.2) is 17.3 Å². The molecule has 0 aromatic heterocycles. The number of hydrogen-bond acceptors (Lipinski definition) is 4. The number of aromatic hydroxyl groups is 2. The Labute approximate surface area is 138 Å². The standard InChI is InChI=1S/C20H14O4/c1-24-16-10-12-9-15(21)19(22)14-8-7-13(11-5-3-2-4-6-11)18(17(12)14)20(16)23/h2-10,21-22H,1H3. The first-order chi connectivity index (χ1) is 11.6. The molecule has 0 fully saturated rings. The highest BCUT2D eigenvalue weighted by molar-refractivity contribution is 6.26. The highest BCUT2D eigenvalue weighted by Crippen LogP contribution is 2.44. The van der Waals surface area contributed by atoms with Crippen LogP contribution in [-0.4, -0.2) is 23.1 Å². The first kappa shape index (κ1) is 14.3. The van der Waals surface area contributed by atoms with Gasteiger partial charge in [0.05, 0.1) is 7.11 Å². The molecule has 0 radical (unpaired) electrons. The van der Waals surface area contributed by atoms with Crippen LogP contribution in [0, 0.1) is 0 Å². The predicted octanol–water partition coefficient (Wildman–Crippen LogP) is 4.10. The zero-order valence-electron chi connectivity index (χ0n) is 12.9. The molecule has 0 unspecified atom stereocenters. The van der Waals surface area contributed by atoms with E-state index in [1.165, 1.54) is 13.2 Å². The summed E-state index contributed by atoms with van der Waals surface area (Å²) < 4.78 is 5.22. The highest BCUT2D eigenvalue weighted by Gasteiger charge is 2.28. The van der Waals surface area contributed by atoms with Gasteiger partial charge in [0.1, 0.15) is 0 Å². The number of phenols is 2. The summed E-state index contributed by atoms with van der Waals surface area (Å²) in [5.74, 6) is -0.481. The van der Waals surface area contributed by atoms with Crippen molar-refractivity contribution in [3.05, 3.63) is 65.4 Å². The number of rotatable bonds is 2.